The van der Waals surface area contributed by atoms with Crippen molar-refractivity contribution in [3.8, 4) is 5.75 Å². The van der Waals surface area contributed by atoms with Crippen LogP contribution >= 0.6 is 43.5 Å². The standard InChI is InChI=1S/C19H15Br2ClO3/c1-2-3-6-15-17(16-13(22)5-4-7-14(16)25-15)18(23)10-8-11(20)19(24)12(21)9-10/h4-5,7-9,24H,2-3,6H2,1H3. The van der Waals surface area contributed by atoms with Gasteiger partial charge in [-0.25, -0.2) is 0 Å². The van der Waals surface area contributed by atoms with E-state index in [4.69, 9.17) is 16.0 Å². The first-order chi connectivity index (χ1) is 11.9. The molecule has 25 heavy (non-hydrogen) atoms. The van der Waals surface area contributed by atoms with Gasteiger partial charge in [-0.2, -0.15) is 0 Å². The number of rotatable bonds is 5. The van der Waals surface area contributed by atoms with Gasteiger partial charge in [0.15, 0.2) is 5.78 Å². The fourth-order valence-electron chi connectivity index (χ4n) is 2.75. The number of phenolic OH excluding ortho intramolecular Hbond substituents is 1. The highest BCUT2D eigenvalue weighted by Gasteiger charge is 2.24. The Morgan fingerprint density at radius 3 is 2.56 bits per heavy atom. The number of aromatic hydroxyl groups is 1. The first kappa shape index (κ1) is 18.5. The number of ketones is 1. The fraction of sp³-hybridized carbons (Fsp3) is 0.211. The topological polar surface area (TPSA) is 50.4 Å². The Morgan fingerprint density at radius 1 is 1.24 bits per heavy atom. The van der Waals surface area contributed by atoms with Crippen LogP contribution in [-0.2, 0) is 6.42 Å². The van der Waals surface area contributed by atoms with E-state index in [-0.39, 0.29) is 11.5 Å². The van der Waals surface area contributed by atoms with Gasteiger partial charge in [-0.3, -0.25) is 4.79 Å². The Morgan fingerprint density at radius 2 is 1.92 bits per heavy atom. The zero-order valence-corrected chi connectivity index (χ0v) is 17.3. The number of aryl methyl sites for hydroxylation is 1. The van der Waals surface area contributed by atoms with Crippen LogP contribution in [0.3, 0.4) is 0 Å². The molecular formula is C19H15Br2ClO3. The number of furan rings is 1. The molecule has 0 aliphatic rings. The maximum Gasteiger partial charge on any atom is 0.197 e. The number of phenols is 1. The molecule has 2 aromatic carbocycles. The first-order valence-electron chi connectivity index (χ1n) is 7.86. The Kier molecular flexibility index (Phi) is 5.56. The van der Waals surface area contributed by atoms with Gasteiger partial charge in [0.25, 0.3) is 0 Å². The van der Waals surface area contributed by atoms with Gasteiger partial charge in [0.05, 0.1) is 24.9 Å². The third kappa shape index (κ3) is 3.50. The van der Waals surface area contributed by atoms with Crippen LogP contribution in [0, 0.1) is 0 Å². The zero-order valence-electron chi connectivity index (χ0n) is 13.4. The highest BCUT2D eigenvalue weighted by Crippen LogP contribution is 2.37. The van der Waals surface area contributed by atoms with Crippen LogP contribution in [-0.4, -0.2) is 10.9 Å². The average molecular weight is 487 g/mol. The molecule has 0 spiro atoms. The lowest BCUT2D eigenvalue weighted by Gasteiger charge is -2.07. The molecule has 0 fully saturated rings. The molecule has 1 aromatic heterocycles. The highest BCUT2D eigenvalue weighted by atomic mass is 79.9. The maximum absolute atomic E-state index is 13.2. The first-order valence-corrected chi connectivity index (χ1v) is 9.83. The molecule has 3 nitrogen and oxygen atoms in total. The predicted octanol–water partition coefficient (Wildman–Crippen LogP) is 6.89. The average Bonchev–Trinajstić information content (AvgIpc) is 2.96. The normalized spacial score (nSPS) is 11.2. The minimum atomic E-state index is -0.181. The molecule has 3 rings (SSSR count). The van der Waals surface area contributed by atoms with E-state index in [0.29, 0.717) is 48.2 Å². The molecule has 0 unspecified atom stereocenters. The van der Waals surface area contributed by atoms with Crippen molar-refractivity contribution in [1.82, 2.24) is 0 Å². The summed E-state index contributed by atoms with van der Waals surface area (Å²) >= 11 is 12.9. The van der Waals surface area contributed by atoms with Crippen LogP contribution in [0.5, 0.6) is 5.75 Å². The fourth-order valence-corrected chi connectivity index (χ4v) is 4.20. The van der Waals surface area contributed by atoms with Crippen molar-refractivity contribution in [2.75, 3.05) is 0 Å². The SMILES string of the molecule is CCCCc1oc2cccc(Cl)c2c1C(=O)c1cc(Br)c(O)c(Br)c1. The van der Waals surface area contributed by atoms with E-state index in [1.54, 1.807) is 24.3 Å². The summed E-state index contributed by atoms with van der Waals surface area (Å²) in [5.74, 6) is 0.521. The Labute approximate surface area is 167 Å². The quantitative estimate of drug-likeness (QED) is 0.400. The molecule has 0 saturated heterocycles. The Bertz CT molecular complexity index is 940. The largest absolute Gasteiger partial charge is 0.506 e. The Hall–Kier alpha value is -1.30. The molecule has 3 aromatic rings. The minimum Gasteiger partial charge on any atom is -0.506 e. The molecule has 130 valence electrons. The summed E-state index contributed by atoms with van der Waals surface area (Å²) in [5, 5.41) is 11.0. The summed E-state index contributed by atoms with van der Waals surface area (Å²) in [6.45, 7) is 2.09. The summed E-state index contributed by atoms with van der Waals surface area (Å²) in [6, 6.07) is 8.57. The molecule has 0 radical (unpaired) electrons. The third-order valence-corrected chi connectivity index (χ3v) is 5.52. The van der Waals surface area contributed by atoms with Crippen molar-refractivity contribution in [2.24, 2.45) is 0 Å². The minimum absolute atomic E-state index is 0.0536. The number of carbonyl (C=O) groups is 1. The second-order valence-electron chi connectivity index (χ2n) is 5.73. The van der Waals surface area contributed by atoms with Gasteiger partial charge >= 0.3 is 0 Å². The van der Waals surface area contributed by atoms with E-state index >= 15 is 0 Å². The van der Waals surface area contributed by atoms with E-state index in [2.05, 4.69) is 38.8 Å². The second kappa shape index (κ2) is 7.52. The van der Waals surface area contributed by atoms with Crippen molar-refractivity contribution >= 4 is 60.2 Å². The van der Waals surface area contributed by atoms with Crippen molar-refractivity contribution in [3.05, 3.63) is 61.2 Å². The number of carbonyl (C=O) groups excluding carboxylic acids is 1. The molecular weight excluding hydrogens is 471 g/mol. The summed E-state index contributed by atoms with van der Waals surface area (Å²) < 4.78 is 6.82. The van der Waals surface area contributed by atoms with Crippen molar-refractivity contribution in [1.29, 1.82) is 0 Å². The van der Waals surface area contributed by atoms with E-state index in [1.165, 1.54) is 0 Å². The van der Waals surface area contributed by atoms with Crippen LogP contribution in [0.15, 0.2) is 43.7 Å². The monoisotopic (exact) mass is 484 g/mol. The maximum atomic E-state index is 13.2. The van der Waals surface area contributed by atoms with E-state index in [0.717, 1.165) is 12.8 Å². The molecule has 0 bridgehead atoms. The van der Waals surface area contributed by atoms with Crippen molar-refractivity contribution in [2.45, 2.75) is 26.2 Å². The van der Waals surface area contributed by atoms with Gasteiger partial charge in [-0.05, 0) is 62.5 Å². The number of hydrogen-bond donors (Lipinski definition) is 1. The van der Waals surface area contributed by atoms with Crippen LogP contribution in [0.4, 0.5) is 0 Å². The molecule has 0 aliphatic carbocycles. The number of benzene rings is 2. The van der Waals surface area contributed by atoms with Crippen LogP contribution < -0.4 is 0 Å². The number of hydrogen-bond acceptors (Lipinski definition) is 3. The van der Waals surface area contributed by atoms with Gasteiger partial charge < -0.3 is 9.52 Å². The summed E-state index contributed by atoms with van der Waals surface area (Å²) in [6.07, 6.45) is 2.58. The highest BCUT2D eigenvalue weighted by molar-refractivity contribution is 9.11. The van der Waals surface area contributed by atoms with E-state index in [1.807, 2.05) is 6.07 Å². The lowest BCUT2D eigenvalue weighted by Crippen LogP contribution is -2.04. The molecule has 0 atom stereocenters. The molecule has 0 aliphatic heterocycles. The summed E-state index contributed by atoms with van der Waals surface area (Å²) in [4.78, 5) is 13.2. The van der Waals surface area contributed by atoms with Gasteiger partial charge in [0, 0.05) is 12.0 Å². The number of halogens is 3. The van der Waals surface area contributed by atoms with Gasteiger partial charge in [0.1, 0.15) is 17.1 Å². The van der Waals surface area contributed by atoms with Gasteiger partial charge in [-0.15, -0.1) is 0 Å². The molecule has 1 N–H and O–H groups in total. The van der Waals surface area contributed by atoms with Crippen molar-refractivity contribution < 1.29 is 14.3 Å². The lowest BCUT2D eigenvalue weighted by atomic mass is 9.98. The molecule has 1 heterocycles. The molecule has 0 saturated carbocycles. The van der Waals surface area contributed by atoms with E-state index in [9.17, 15) is 9.90 Å². The summed E-state index contributed by atoms with van der Waals surface area (Å²) in [7, 11) is 0. The van der Waals surface area contributed by atoms with Gasteiger partial charge in [-0.1, -0.05) is 31.0 Å². The smallest absolute Gasteiger partial charge is 0.197 e. The predicted molar refractivity (Wildman–Crippen MR) is 107 cm³/mol. The van der Waals surface area contributed by atoms with Crippen LogP contribution in [0.1, 0.15) is 41.4 Å². The summed E-state index contributed by atoms with van der Waals surface area (Å²) in [5.41, 5.74) is 1.55. The second-order valence-corrected chi connectivity index (χ2v) is 7.85. The zero-order chi connectivity index (χ0) is 18.1. The Balaban J connectivity index is 2.20. The van der Waals surface area contributed by atoms with Crippen LogP contribution in [0.2, 0.25) is 5.02 Å². The molecule has 0 amide bonds. The number of fused-ring (bicyclic) bond motifs is 1. The third-order valence-electron chi connectivity index (χ3n) is 4.00. The van der Waals surface area contributed by atoms with Crippen LogP contribution in [0.25, 0.3) is 11.0 Å². The van der Waals surface area contributed by atoms with Crippen molar-refractivity contribution in [3.63, 3.8) is 0 Å². The van der Waals surface area contributed by atoms with E-state index < -0.39 is 0 Å². The lowest BCUT2D eigenvalue weighted by molar-refractivity contribution is 0.103. The number of unbranched alkanes of at least 4 members (excludes halogenated alkanes) is 1. The van der Waals surface area contributed by atoms with Gasteiger partial charge in [0.2, 0.25) is 0 Å². The molecule has 6 heteroatoms.